The number of carbonyl (C=O) groups is 5. The molecule has 0 radical (unpaired) electrons. The van der Waals surface area contributed by atoms with Gasteiger partial charge in [-0.2, -0.15) is 0 Å². The number of Topliss-reactive ketones (excluding diaryl/α,β-unsaturated/α-hetero) is 1. The average Bonchev–Trinajstić information content (AvgIpc) is 3.05. The highest BCUT2D eigenvalue weighted by atomic mass is 16.6. The molecule has 4 aliphatic carbocycles. The fraction of sp³-hybridized carbons (Fsp3) is 0.679. The van der Waals surface area contributed by atoms with Crippen LogP contribution in [0.3, 0.4) is 0 Å². The first-order valence-corrected chi connectivity index (χ1v) is 12.7. The molecule has 3 saturated carbocycles. The smallest absolute Gasteiger partial charge is 0.303 e. The van der Waals surface area contributed by atoms with E-state index in [-0.39, 0.29) is 29.5 Å². The summed E-state index contributed by atoms with van der Waals surface area (Å²) in [5.41, 5.74) is -1.75. The molecule has 0 aliphatic heterocycles. The van der Waals surface area contributed by atoms with Gasteiger partial charge in [0.15, 0.2) is 18.0 Å². The van der Waals surface area contributed by atoms with E-state index >= 15 is 0 Å². The zero-order valence-corrected chi connectivity index (χ0v) is 21.9. The van der Waals surface area contributed by atoms with Crippen molar-refractivity contribution in [2.45, 2.75) is 78.9 Å². The van der Waals surface area contributed by atoms with Crippen LogP contribution in [0.25, 0.3) is 0 Å². The second-order valence-electron chi connectivity index (χ2n) is 11.5. The quantitative estimate of drug-likeness (QED) is 0.416. The highest BCUT2D eigenvalue weighted by molar-refractivity contribution is 6.01. The third-order valence-corrected chi connectivity index (χ3v) is 9.41. The molecule has 196 valence electrons. The summed E-state index contributed by atoms with van der Waals surface area (Å²) in [6.07, 6.45) is 6.76. The minimum absolute atomic E-state index is 0.00166. The van der Waals surface area contributed by atoms with Crippen molar-refractivity contribution in [2.75, 3.05) is 6.61 Å². The van der Waals surface area contributed by atoms with E-state index in [9.17, 15) is 24.0 Å². The number of esters is 3. The SMILES string of the molecule is CC(=O)OCC(=O)[C@@]1(OC(C)=O)CC[C@@H]2[C@@H]3C[C@H](C)C4=CC(=O)C=C[C@]4(C)[C@H]3[C@@H](OC(C)=O)C[C@@]21C. The summed E-state index contributed by atoms with van der Waals surface area (Å²) in [6, 6.07) is 0. The molecule has 4 aliphatic rings. The molecule has 8 nitrogen and oxygen atoms in total. The summed E-state index contributed by atoms with van der Waals surface area (Å²) < 4.78 is 16.9. The normalized spacial score (nSPS) is 40.8. The number of rotatable bonds is 5. The lowest BCUT2D eigenvalue weighted by Gasteiger charge is -2.61. The third-order valence-electron chi connectivity index (χ3n) is 9.41. The predicted octanol–water partition coefficient (Wildman–Crippen LogP) is 3.52. The number of ketones is 2. The van der Waals surface area contributed by atoms with Gasteiger partial charge in [-0.25, -0.2) is 0 Å². The topological polar surface area (TPSA) is 113 Å². The van der Waals surface area contributed by atoms with Crippen LogP contribution in [0.1, 0.15) is 67.2 Å². The molecular weight excluding hydrogens is 464 g/mol. The van der Waals surface area contributed by atoms with Gasteiger partial charge in [-0.05, 0) is 55.6 Å². The fourth-order valence-corrected chi connectivity index (χ4v) is 8.24. The van der Waals surface area contributed by atoms with Gasteiger partial charge in [-0.15, -0.1) is 0 Å². The van der Waals surface area contributed by atoms with Crippen LogP contribution in [0.2, 0.25) is 0 Å². The van der Waals surface area contributed by atoms with Crippen molar-refractivity contribution in [3.8, 4) is 0 Å². The lowest BCUT2D eigenvalue weighted by atomic mass is 9.44. The van der Waals surface area contributed by atoms with Crippen molar-refractivity contribution >= 4 is 29.5 Å². The second kappa shape index (κ2) is 8.96. The Morgan fingerprint density at radius 2 is 1.75 bits per heavy atom. The fourth-order valence-electron chi connectivity index (χ4n) is 8.24. The Hall–Kier alpha value is -2.77. The lowest BCUT2D eigenvalue weighted by molar-refractivity contribution is -0.206. The standard InChI is InChI=1S/C28H36O8/c1-15-11-20-21-8-10-28(36-18(4)31,24(33)14-34-16(2)29)27(21,6)13-23(35-17(3)30)25(20)26(5)9-7-19(32)12-22(15)26/h7,9,12,15,20-21,23,25H,8,10-11,13-14H2,1-6H3/t15-,20-,21+,23-,25+,26-,27-,28-/m0/s1. The van der Waals surface area contributed by atoms with Gasteiger partial charge in [0.1, 0.15) is 6.10 Å². The number of hydrogen-bond donors (Lipinski definition) is 0. The van der Waals surface area contributed by atoms with Crippen molar-refractivity contribution < 1.29 is 38.2 Å². The number of carbonyl (C=O) groups excluding carboxylic acids is 5. The molecule has 0 aromatic rings. The van der Waals surface area contributed by atoms with E-state index in [1.165, 1.54) is 20.8 Å². The molecule has 0 aromatic heterocycles. The molecule has 0 aromatic carbocycles. The van der Waals surface area contributed by atoms with E-state index in [1.807, 2.05) is 13.0 Å². The lowest BCUT2D eigenvalue weighted by Crippen LogP contribution is -2.64. The summed E-state index contributed by atoms with van der Waals surface area (Å²) in [6.45, 7) is 9.55. The van der Waals surface area contributed by atoms with Gasteiger partial charge in [0, 0.05) is 37.5 Å². The van der Waals surface area contributed by atoms with E-state index in [1.54, 1.807) is 12.2 Å². The minimum atomic E-state index is -1.49. The predicted molar refractivity (Wildman–Crippen MR) is 128 cm³/mol. The molecule has 3 fully saturated rings. The Bertz CT molecular complexity index is 1070. The first kappa shape index (κ1) is 26.3. The van der Waals surface area contributed by atoms with E-state index in [0.29, 0.717) is 19.3 Å². The van der Waals surface area contributed by atoms with Crippen LogP contribution >= 0.6 is 0 Å². The van der Waals surface area contributed by atoms with Crippen LogP contribution in [0, 0.1) is 34.5 Å². The Labute approximate surface area is 211 Å². The summed E-state index contributed by atoms with van der Waals surface area (Å²) in [7, 11) is 0. The first-order chi connectivity index (χ1) is 16.7. The van der Waals surface area contributed by atoms with Gasteiger partial charge in [-0.1, -0.05) is 32.4 Å². The van der Waals surface area contributed by atoms with Crippen LogP contribution in [0.5, 0.6) is 0 Å². The first-order valence-electron chi connectivity index (χ1n) is 12.7. The number of hydrogen-bond acceptors (Lipinski definition) is 8. The molecule has 0 unspecified atom stereocenters. The maximum atomic E-state index is 13.6. The van der Waals surface area contributed by atoms with Crippen LogP contribution in [-0.4, -0.2) is 47.8 Å². The van der Waals surface area contributed by atoms with Gasteiger partial charge < -0.3 is 14.2 Å². The molecule has 0 heterocycles. The monoisotopic (exact) mass is 500 g/mol. The Morgan fingerprint density at radius 3 is 2.36 bits per heavy atom. The largest absolute Gasteiger partial charge is 0.462 e. The van der Waals surface area contributed by atoms with Crippen molar-refractivity contribution in [1.29, 1.82) is 0 Å². The highest BCUT2D eigenvalue weighted by Crippen LogP contribution is 2.69. The van der Waals surface area contributed by atoms with Crippen LogP contribution in [0.4, 0.5) is 0 Å². The number of fused-ring (bicyclic) bond motifs is 5. The van der Waals surface area contributed by atoms with Crippen molar-refractivity contribution in [2.24, 2.45) is 34.5 Å². The second-order valence-corrected chi connectivity index (χ2v) is 11.5. The molecule has 4 rings (SSSR count). The third kappa shape index (κ3) is 3.93. The molecular formula is C28H36O8. The summed E-state index contributed by atoms with van der Waals surface area (Å²) >= 11 is 0. The zero-order valence-electron chi connectivity index (χ0n) is 21.9. The van der Waals surface area contributed by atoms with E-state index in [0.717, 1.165) is 12.0 Å². The van der Waals surface area contributed by atoms with E-state index in [4.69, 9.17) is 14.2 Å². The van der Waals surface area contributed by atoms with Crippen LogP contribution in [0.15, 0.2) is 23.8 Å². The van der Waals surface area contributed by atoms with Gasteiger partial charge in [0.05, 0.1) is 0 Å². The van der Waals surface area contributed by atoms with Gasteiger partial charge >= 0.3 is 17.9 Å². The van der Waals surface area contributed by atoms with Gasteiger partial charge in [-0.3, -0.25) is 24.0 Å². The molecule has 8 heteroatoms. The number of allylic oxidation sites excluding steroid dienone is 4. The van der Waals surface area contributed by atoms with Crippen LogP contribution in [-0.2, 0) is 38.2 Å². The van der Waals surface area contributed by atoms with Crippen molar-refractivity contribution in [3.63, 3.8) is 0 Å². The Kier molecular flexibility index (Phi) is 6.55. The summed E-state index contributed by atoms with van der Waals surface area (Å²) in [4.78, 5) is 62.0. The molecule has 0 N–H and O–H groups in total. The molecule has 36 heavy (non-hydrogen) atoms. The maximum absolute atomic E-state index is 13.6. The van der Waals surface area contributed by atoms with Crippen LogP contribution < -0.4 is 0 Å². The average molecular weight is 501 g/mol. The van der Waals surface area contributed by atoms with E-state index < -0.39 is 52.8 Å². The molecule has 0 amide bonds. The van der Waals surface area contributed by atoms with Crippen molar-refractivity contribution in [3.05, 3.63) is 23.8 Å². The molecule has 8 atom stereocenters. The Balaban J connectivity index is 1.83. The summed E-state index contributed by atoms with van der Waals surface area (Å²) in [5.74, 6) is -2.00. The molecule has 0 saturated heterocycles. The Morgan fingerprint density at radius 1 is 1.06 bits per heavy atom. The number of ether oxygens (including phenoxy) is 3. The van der Waals surface area contributed by atoms with Gasteiger partial charge in [0.2, 0.25) is 5.78 Å². The van der Waals surface area contributed by atoms with Gasteiger partial charge in [0.25, 0.3) is 0 Å². The van der Waals surface area contributed by atoms with E-state index in [2.05, 4.69) is 13.8 Å². The van der Waals surface area contributed by atoms with Crippen molar-refractivity contribution in [1.82, 2.24) is 0 Å². The maximum Gasteiger partial charge on any atom is 0.303 e. The zero-order chi connectivity index (χ0) is 26.6. The molecule has 0 spiro atoms. The highest BCUT2D eigenvalue weighted by Gasteiger charge is 2.71. The molecule has 0 bridgehead atoms. The summed E-state index contributed by atoms with van der Waals surface area (Å²) in [5, 5.41) is 0. The minimum Gasteiger partial charge on any atom is -0.462 e.